The van der Waals surface area contributed by atoms with E-state index in [4.69, 9.17) is 9.47 Å². The van der Waals surface area contributed by atoms with Crippen molar-refractivity contribution >= 4 is 39.3 Å². The Kier molecular flexibility index (Phi) is 7.08. The van der Waals surface area contributed by atoms with Crippen LogP contribution in [0.25, 0.3) is 0 Å². The molecule has 2 aromatic rings. The van der Waals surface area contributed by atoms with Crippen LogP contribution >= 0.6 is 11.8 Å². The molecular weight excluding hydrogens is 442 g/mol. The molecule has 0 radical (unpaired) electrons. The van der Waals surface area contributed by atoms with Gasteiger partial charge in [0.15, 0.2) is 0 Å². The standard InChI is InChI=1S/C20H23N3O6S2/c1-21-31(26,27)18-10-13(4-9-17(18)29-3)20(25)23-12-30-11-16(23)19(24)22-14-5-7-15(28-2)8-6-14/h4-10,16,21H,11-12H2,1-3H3,(H,22,24). The van der Waals surface area contributed by atoms with Gasteiger partial charge in [-0.25, -0.2) is 13.1 Å². The number of anilines is 1. The minimum Gasteiger partial charge on any atom is -0.497 e. The number of hydrogen-bond acceptors (Lipinski definition) is 7. The fourth-order valence-electron chi connectivity index (χ4n) is 3.06. The van der Waals surface area contributed by atoms with E-state index in [-0.39, 0.29) is 22.1 Å². The normalized spacial score (nSPS) is 16.1. The number of sulfonamides is 1. The summed E-state index contributed by atoms with van der Waals surface area (Å²) in [7, 11) is 0.345. The zero-order valence-corrected chi connectivity index (χ0v) is 18.9. The molecule has 3 rings (SSSR count). The Morgan fingerprint density at radius 1 is 1.10 bits per heavy atom. The van der Waals surface area contributed by atoms with Gasteiger partial charge in [-0.1, -0.05) is 0 Å². The van der Waals surface area contributed by atoms with Crippen LogP contribution in [0.1, 0.15) is 10.4 Å². The smallest absolute Gasteiger partial charge is 0.255 e. The van der Waals surface area contributed by atoms with Gasteiger partial charge in [-0.15, -0.1) is 11.8 Å². The number of ether oxygens (including phenoxy) is 2. The van der Waals surface area contributed by atoms with Crippen molar-refractivity contribution < 1.29 is 27.5 Å². The Morgan fingerprint density at radius 2 is 1.81 bits per heavy atom. The van der Waals surface area contributed by atoms with Crippen molar-refractivity contribution in [1.29, 1.82) is 0 Å². The molecule has 0 saturated carbocycles. The molecule has 2 aromatic carbocycles. The number of thioether (sulfide) groups is 1. The second kappa shape index (κ2) is 9.58. The number of amides is 2. The van der Waals surface area contributed by atoms with Gasteiger partial charge in [-0.05, 0) is 49.5 Å². The fourth-order valence-corrected chi connectivity index (χ4v) is 5.13. The first-order chi connectivity index (χ1) is 14.8. The highest BCUT2D eigenvalue weighted by atomic mass is 32.2. The van der Waals surface area contributed by atoms with E-state index in [1.807, 2.05) is 0 Å². The third-order valence-electron chi connectivity index (χ3n) is 4.77. The number of rotatable bonds is 7. The van der Waals surface area contributed by atoms with Crippen molar-refractivity contribution in [2.75, 3.05) is 38.2 Å². The topological polar surface area (TPSA) is 114 Å². The Hall–Kier alpha value is -2.76. The SMILES string of the molecule is CNS(=O)(=O)c1cc(C(=O)N2CSCC2C(=O)Nc2ccc(OC)cc2)ccc1OC. The zero-order valence-electron chi connectivity index (χ0n) is 17.2. The van der Waals surface area contributed by atoms with Crippen LogP contribution in [0.3, 0.4) is 0 Å². The number of benzene rings is 2. The molecule has 0 aliphatic carbocycles. The third kappa shape index (κ3) is 4.94. The van der Waals surface area contributed by atoms with Crippen LogP contribution in [-0.4, -0.2) is 64.1 Å². The molecule has 31 heavy (non-hydrogen) atoms. The lowest BCUT2D eigenvalue weighted by atomic mass is 10.1. The molecular formula is C20H23N3O6S2. The van der Waals surface area contributed by atoms with Crippen LogP contribution in [0.15, 0.2) is 47.4 Å². The average molecular weight is 466 g/mol. The molecule has 0 spiro atoms. The molecule has 2 amide bonds. The maximum atomic E-state index is 13.1. The van der Waals surface area contributed by atoms with Gasteiger partial charge in [0.1, 0.15) is 22.4 Å². The maximum Gasteiger partial charge on any atom is 0.255 e. The lowest BCUT2D eigenvalue weighted by Gasteiger charge is -2.23. The summed E-state index contributed by atoms with van der Waals surface area (Å²) in [5.41, 5.74) is 0.737. The highest BCUT2D eigenvalue weighted by Crippen LogP contribution is 2.28. The number of carbonyl (C=O) groups is 2. The predicted molar refractivity (Wildman–Crippen MR) is 118 cm³/mol. The highest BCUT2D eigenvalue weighted by Gasteiger charge is 2.35. The van der Waals surface area contributed by atoms with Gasteiger partial charge in [0, 0.05) is 17.0 Å². The second-order valence-electron chi connectivity index (χ2n) is 6.58. The van der Waals surface area contributed by atoms with E-state index in [2.05, 4.69) is 10.0 Å². The summed E-state index contributed by atoms with van der Waals surface area (Å²) in [6.07, 6.45) is 0. The van der Waals surface area contributed by atoms with E-state index in [1.165, 1.54) is 49.0 Å². The van der Waals surface area contributed by atoms with E-state index >= 15 is 0 Å². The summed E-state index contributed by atoms with van der Waals surface area (Å²) < 4.78 is 37.0. The van der Waals surface area contributed by atoms with Gasteiger partial charge in [-0.3, -0.25) is 9.59 Å². The van der Waals surface area contributed by atoms with Gasteiger partial charge in [0.05, 0.1) is 20.1 Å². The number of nitrogens with one attached hydrogen (secondary N) is 2. The Labute approximate surface area is 185 Å². The lowest BCUT2D eigenvalue weighted by Crippen LogP contribution is -2.44. The molecule has 2 N–H and O–H groups in total. The van der Waals surface area contributed by atoms with Crippen LogP contribution in [0.2, 0.25) is 0 Å². The molecule has 1 atom stereocenters. The minimum atomic E-state index is -3.84. The van der Waals surface area contributed by atoms with Crippen LogP contribution < -0.4 is 19.5 Å². The average Bonchev–Trinajstić information content (AvgIpc) is 3.28. The van der Waals surface area contributed by atoms with Gasteiger partial charge in [0.2, 0.25) is 15.9 Å². The first-order valence-corrected chi connectivity index (χ1v) is 11.9. The monoisotopic (exact) mass is 465 g/mol. The molecule has 11 heteroatoms. The zero-order chi connectivity index (χ0) is 22.6. The van der Waals surface area contributed by atoms with Gasteiger partial charge >= 0.3 is 0 Å². The summed E-state index contributed by atoms with van der Waals surface area (Å²) in [6.45, 7) is 0. The van der Waals surface area contributed by atoms with Crippen LogP contribution in [-0.2, 0) is 14.8 Å². The van der Waals surface area contributed by atoms with E-state index in [1.54, 1.807) is 31.4 Å². The van der Waals surface area contributed by atoms with Crippen LogP contribution in [0.4, 0.5) is 5.69 Å². The van der Waals surface area contributed by atoms with E-state index < -0.39 is 22.0 Å². The first kappa shape index (κ1) is 22.9. The van der Waals surface area contributed by atoms with Gasteiger partial charge in [-0.2, -0.15) is 0 Å². The summed E-state index contributed by atoms with van der Waals surface area (Å²) >= 11 is 1.45. The summed E-state index contributed by atoms with van der Waals surface area (Å²) in [4.78, 5) is 27.2. The molecule has 1 aliphatic rings. The van der Waals surface area contributed by atoms with Crippen LogP contribution in [0.5, 0.6) is 11.5 Å². The highest BCUT2D eigenvalue weighted by molar-refractivity contribution is 7.99. The molecule has 1 saturated heterocycles. The minimum absolute atomic E-state index is 0.121. The Bertz CT molecular complexity index is 1070. The molecule has 1 aliphatic heterocycles. The maximum absolute atomic E-state index is 13.1. The molecule has 1 heterocycles. The van der Waals surface area contributed by atoms with E-state index in [0.29, 0.717) is 23.1 Å². The largest absolute Gasteiger partial charge is 0.497 e. The number of nitrogens with zero attached hydrogens (tertiary/aromatic N) is 1. The lowest BCUT2D eigenvalue weighted by molar-refractivity contribution is -0.119. The Balaban J connectivity index is 1.82. The van der Waals surface area contributed by atoms with Crippen molar-refractivity contribution in [3.05, 3.63) is 48.0 Å². The van der Waals surface area contributed by atoms with E-state index in [9.17, 15) is 18.0 Å². The number of carbonyl (C=O) groups excluding carboxylic acids is 2. The molecule has 166 valence electrons. The molecule has 1 unspecified atom stereocenters. The second-order valence-corrected chi connectivity index (χ2v) is 9.44. The summed E-state index contributed by atoms with van der Waals surface area (Å²) in [6, 6.07) is 10.4. The molecule has 1 fully saturated rings. The van der Waals surface area contributed by atoms with Crippen molar-refractivity contribution in [2.24, 2.45) is 0 Å². The predicted octanol–water partition coefficient (Wildman–Crippen LogP) is 1.77. The fraction of sp³-hybridized carbons (Fsp3) is 0.300. The summed E-state index contributed by atoms with van der Waals surface area (Å²) in [5, 5.41) is 2.81. The van der Waals surface area contributed by atoms with Crippen molar-refractivity contribution in [1.82, 2.24) is 9.62 Å². The van der Waals surface area contributed by atoms with Gasteiger partial charge < -0.3 is 19.7 Å². The van der Waals surface area contributed by atoms with Gasteiger partial charge in [0.25, 0.3) is 5.91 Å². The number of methoxy groups -OCH3 is 2. The van der Waals surface area contributed by atoms with Crippen molar-refractivity contribution in [3.63, 3.8) is 0 Å². The van der Waals surface area contributed by atoms with Crippen LogP contribution in [0, 0.1) is 0 Å². The summed E-state index contributed by atoms with van der Waals surface area (Å²) in [5.74, 6) is 0.786. The van der Waals surface area contributed by atoms with E-state index in [0.717, 1.165) is 0 Å². The first-order valence-electron chi connectivity index (χ1n) is 9.26. The third-order valence-corrected chi connectivity index (χ3v) is 7.22. The quantitative estimate of drug-likeness (QED) is 0.640. The van der Waals surface area contributed by atoms with Crippen molar-refractivity contribution in [3.8, 4) is 11.5 Å². The molecule has 0 bridgehead atoms. The van der Waals surface area contributed by atoms with Crippen molar-refractivity contribution in [2.45, 2.75) is 10.9 Å². The molecule has 9 nitrogen and oxygen atoms in total. The Morgan fingerprint density at radius 3 is 2.42 bits per heavy atom. The molecule has 0 aromatic heterocycles. The number of hydrogen-bond donors (Lipinski definition) is 2.